The van der Waals surface area contributed by atoms with Gasteiger partial charge in [0.1, 0.15) is 12.1 Å². The smallest absolute Gasteiger partial charge is 0.146 e. The van der Waals surface area contributed by atoms with E-state index in [1.54, 1.807) is 6.33 Å². The molecule has 2 aliphatic carbocycles. The quantitative estimate of drug-likeness (QED) is 0.831. The van der Waals surface area contributed by atoms with Gasteiger partial charge in [0.25, 0.3) is 0 Å². The molecule has 2 saturated carbocycles. The van der Waals surface area contributed by atoms with Crippen LogP contribution in [0.5, 0.6) is 0 Å². The zero-order valence-corrected chi connectivity index (χ0v) is 10.9. The predicted molar refractivity (Wildman–Crippen MR) is 67.4 cm³/mol. The molecule has 3 nitrogen and oxygen atoms in total. The molecule has 0 unspecified atom stereocenters. The highest BCUT2D eigenvalue weighted by molar-refractivity contribution is 9.10. The van der Waals surface area contributed by atoms with Gasteiger partial charge in [-0.3, -0.25) is 0 Å². The highest BCUT2D eigenvalue weighted by atomic mass is 79.9. The molecule has 0 N–H and O–H groups in total. The number of halogens is 1. The molecule has 1 heterocycles. The molecule has 0 aliphatic heterocycles. The second-order valence-corrected chi connectivity index (χ2v) is 5.84. The first kappa shape index (κ1) is 10.5. The number of nitrogens with zero attached hydrogens (tertiary/aromatic N) is 3. The maximum Gasteiger partial charge on any atom is 0.146 e. The molecular weight excluding hydrogens is 266 g/mol. The molecule has 0 bridgehead atoms. The number of hydrogen-bond acceptors (Lipinski definition) is 3. The number of aromatic nitrogens is 2. The summed E-state index contributed by atoms with van der Waals surface area (Å²) in [5.74, 6) is 2.88. The highest BCUT2D eigenvalue weighted by Gasteiger charge is 2.30. The Morgan fingerprint density at radius 1 is 1.19 bits per heavy atom. The minimum Gasteiger partial charge on any atom is -0.355 e. The van der Waals surface area contributed by atoms with Crippen LogP contribution in [-0.2, 0) is 0 Å². The van der Waals surface area contributed by atoms with E-state index in [2.05, 4.69) is 30.8 Å². The third-order valence-corrected chi connectivity index (χ3v) is 3.86. The van der Waals surface area contributed by atoms with Crippen molar-refractivity contribution in [2.75, 3.05) is 18.0 Å². The molecule has 3 rings (SSSR count). The van der Waals surface area contributed by atoms with Crippen molar-refractivity contribution in [3.05, 3.63) is 17.0 Å². The Morgan fingerprint density at radius 2 is 1.81 bits per heavy atom. The van der Waals surface area contributed by atoms with Gasteiger partial charge < -0.3 is 4.90 Å². The molecule has 2 aliphatic rings. The van der Waals surface area contributed by atoms with Crippen molar-refractivity contribution in [2.45, 2.75) is 25.7 Å². The summed E-state index contributed by atoms with van der Waals surface area (Å²) in [6.07, 6.45) is 9.06. The van der Waals surface area contributed by atoms with Gasteiger partial charge in [0.05, 0.1) is 4.47 Å². The summed E-state index contributed by atoms with van der Waals surface area (Å²) in [6, 6.07) is 0. The fraction of sp³-hybridized carbons (Fsp3) is 0.667. The van der Waals surface area contributed by atoms with Crippen LogP contribution in [0.1, 0.15) is 25.7 Å². The van der Waals surface area contributed by atoms with Crippen molar-refractivity contribution >= 4 is 21.7 Å². The Balaban J connectivity index is 1.76. The predicted octanol–water partition coefficient (Wildman–Crippen LogP) is 2.87. The molecule has 0 radical (unpaired) electrons. The first-order chi connectivity index (χ1) is 7.83. The zero-order valence-electron chi connectivity index (χ0n) is 9.27. The molecule has 0 spiro atoms. The lowest BCUT2D eigenvalue weighted by molar-refractivity contribution is 0.669. The minimum atomic E-state index is 0.903. The van der Waals surface area contributed by atoms with E-state index in [4.69, 9.17) is 0 Å². The maximum atomic E-state index is 4.41. The fourth-order valence-corrected chi connectivity index (χ4v) is 2.48. The van der Waals surface area contributed by atoms with Crippen molar-refractivity contribution in [2.24, 2.45) is 11.8 Å². The van der Waals surface area contributed by atoms with Gasteiger partial charge >= 0.3 is 0 Å². The average Bonchev–Trinajstić information content (AvgIpc) is 3.12. The standard InChI is InChI=1S/C12H16BrN3/c13-11-5-14-8-15-12(11)16(6-9-1-2-9)7-10-3-4-10/h5,8-10H,1-4,6-7H2. The van der Waals surface area contributed by atoms with Gasteiger partial charge in [-0.25, -0.2) is 9.97 Å². The van der Waals surface area contributed by atoms with Crippen LogP contribution in [0.15, 0.2) is 17.0 Å². The van der Waals surface area contributed by atoms with Gasteiger partial charge in [-0.15, -0.1) is 0 Å². The lowest BCUT2D eigenvalue weighted by Gasteiger charge is -2.24. The highest BCUT2D eigenvalue weighted by Crippen LogP contribution is 2.36. The van der Waals surface area contributed by atoms with Gasteiger partial charge in [0, 0.05) is 19.3 Å². The minimum absolute atomic E-state index is 0.903. The van der Waals surface area contributed by atoms with Crippen LogP contribution in [0, 0.1) is 11.8 Å². The Hall–Kier alpha value is -0.640. The number of anilines is 1. The van der Waals surface area contributed by atoms with E-state index in [-0.39, 0.29) is 0 Å². The number of hydrogen-bond donors (Lipinski definition) is 0. The fourth-order valence-electron chi connectivity index (χ4n) is 2.01. The molecular formula is C12H16BrN3. The molecule has 2 fully saturated rings. The summed E-state index contributed by atoms with van der Waals surface area (Å²) in [4.78, 5) is 10.9. The van der Waals surface area contributed by atoms with Crippen LogP contribution in [0.3, 0.4) is 0 Å². The second-order valence-electron chi connectivity index (χ2n) is 4.99. The summed E-state index contributed by atoms with van der Waals surface area (Å²) in [6.45, 7) is 2.35. The molecule has 0 atom stereocenters. The summed E-state index contributed by atoms with van der Waals surface area (Å²) in [5, 5.41) is 0. The monoisotopic (exact) mass is 281 g/mol. The van der Waals surface area contributed by atoms with Gasteiger partial charge in [-0.2, -0.15) is 0 Å². The van der Waals surface area contributed by atoms with Crippen LogP contribution in [0.4, 0.5) is 5.82 Å². The van der Waals surface area contributed by atoms with E-state index >= 15 is 0 Å². The van der Waals surface area contributed by atoms with E-state index < -0.39 is 0 Å². The van der Waals surface area contributed by atoms with E-state index in [1.165, 1.54) is 38.8 Å². The van der Waals surface area contributed by atoms with Gasteiger partial charge in [-0.1, -0.05) is 0 Å². The van der Waals surface area contributed by atoms with Crippen LogP contribution >= 0.6 is 15.9 Å². The van der Waals surface area contributed by atoms with E-state index in [0.717, 1.165) is 22.1 Å². The maximum absolute atomic E-state index is 4.41. The average molecular weight is 282 g/mol. The number of rotatable bonds is 5. The Labute approximate surface area is 104 Å². The molecule has 4 heteroatoms. The molecule has 16 heavy (non-hydrogen) atoms. The van der Waals surface area contributed by atoms with Crippen molar-refractivity contribution < 1.29 is 0 Å². The van der Waals surface area contributed by atoms with Crippen LogP contribution in [0.2, 0.25) is 0 Å². The van der Waals surface area contributed by atoms with Crippen LogP contribution < -0.4 is 4.90 Å². The largest absolute Gasteiger partial charge is 0.355 e. The Morgan fingerprint density at radius 3 is 2.31 bits per heavy atom. The summed E-state index contributed by atoms with van der Waals surface area (Å²) in [7, 11) is 0. The lowest BCUT2D eigenvalue weighted by Crippen LogP contribution is -2.29. The first-order valence-corrected chi connectivity index (χ1v) is 6.82. The lowest BCUT2D eigenvalue weighted by atomic mass is 10.3. The van der Waals surface area contributed by atoms with Crippen LogP contribution in [-0.4, -0.2) is 23.1 Å². The van der Waals surface area contributed by atoms with E-state index in [0.29, 0.717) is 0 Å². The van der Waals surface area contributed by atoms with Crippen molar-refractivity contribution in [3.63, 3.8) is 0 Å². The van der Waals surface area contributed by atoms with Crippen molar-refractivity contribution in [1.82, 2.24) is 9.97 Å². The summed E-state index contributed by atoms with van der Waals surface area (Å²) in [5.41, 5.74) is 0. The molecule has 1 aromatic rings. The Kier molecular flexibility index (Phi) is 2.84. The van der Waals surface area contributed by atoms with Crippen molar-refractivity contribution in [1.29, 1.82) is 0 Å². The topological polar surface area (TPSA) is 29.0 Å². The molecule has 86 valence electrons. The van der Waals surface area contributed by atoms with E-state index in [9.17, 15) is 0 Å². The van der Waals surface area contributed by atoms with Crippen molar-refractivity contribution in [3.8, 4) is 0 Å². The third kappa shape index (κ3) is 2.54. The SMILES string of the molecule is Brc1cncnc1N(CC1CC1)CC1CC1. The molecule has 0 saturated heterocycles. The zero-order chi connectivity index (χ0) is 11.0. The van der Waals surface area contributed by atoms with E-state index in [1.807, 2.05) is 6.20 Å². The van der Waals surface area contributed by atoms with Gasteiger partial charge in [0.15, 0.2) is 0 Å². The summed E-state index contributed by atoms with van der Waals surface area (Å²) >= 11 is 3.55. The third-order valence-electron chi connectivity index (χ3n) is 3.30. The molecule has 0 amide bonds. The van der Waals surface area contributed by atoms with Gasteiger partial charge in [-0.05, 0) is 53.4 Å². The summed E-state index contributed by atoms with van der Waals surface area (Å²) < 4.78 is 1.02. The molecule has 0 aromatic carbocycles. The van der Waals surface area contributed by atoms with Crippen LogP contribution in [0.25, 0.3) is 0 Å². The second kappa shape index (κ2) is 4.32. The Bertz CT molecular complexity index is 360. The normalized spacial score (nSPS) is 19.8. The molecule has 1 aromatic heterocycles. The first-order valence-electron chi connectivity index (χ1n) is 6.03. The van der Waals surface area contributed by atoms with Gasteiger partial charge in [0.2, 0.25) is 0 Å².